The second-order valence-electron chi connectivity index (χ2n) is 10.5. The van der Waals surface area contributed by atoms with E-state index < -0.39 is 0 Å². The third-order valence-electron chi connectivity index (χ3n) is 8.12. The van der Waals surface area contributed by atoms with E-state index in [-0.39, 0.29) is 0 Å². The molecule has 0 amide bonds. The SMILES string of the molecule is Cc1cccn2cc(-c3ccc(-c4c5ccccc5c(-c5ccc6ccccc6c5)c5ccccc45)cc3)nc12. The van der Waals surface area contributed by atoms with Crippen LogP contribution in [0.5, 0.6) is 0 Å². The maximum absolute atomic E-state index is 4.91. The molecule has 8 aromatic rings. The second kappa shape index (κ2) is 8.93. The lowest BCUT2D eigenvalue weighted by molar-refractivity contribution is 1.16. The maximum atomic E-state index is 4.91. The minimum atomic E-state index is 0.988. The number of nitrogens with zero attached hydrogens (tertiary/aromatic N) is 2. The van der Waals surface area contributed by atoms with Crippen LogP contribution in [-0.4, -0.2) is 9.38 Å². The fraction of sp³-hybridized carbons (Fsp3) is 0.0263. The molecule has 0 aliphatic rings. The highest BCUT2D eigenvalue weighted by molar-refractivity contribution is 6.21. The number of aryl methyl sites for hydroxylation is 1. The Bertz CT molecular complexity index is 2160. The summed E-state index contributed by atoms with van der Waals surface area (Å²) in [6.07, 6.45) is 4.17. The van der Waals surface area contributed by atoms with Crippen LogP contribution in [0.4, 0.5) is 0 Å². The molecule has 0 aliphatic heterocycles. The fourth-order valence-corrected chi connectivity index (χ4v) is 6.20. The van der Waals surface area contributed by atoms with Crippen molar-refractivity contribution in [2.45, 2.75) is 6.92 Å². The van der Waals surface area contributed by atoms with Crippen LogP contribution in [0.3, 0.4) is 0 Å². The number of hydrogen-bond acceptors (Lipinski definition) is 1. The molecule has 40 heavy (non-hydrogen) atoms. The van der Waals surface area contributed by atoms with Crippen LogP contribution in [0.1, 0.15) is 5.56 Å². The lowest BCUT2D eigenvalue weighted by Gasteiger charge is -2.18. The van der Waals surface area contributed by atoms with Crippen molar-refractivity contribution < 1.29 is 0 Å². The van der Waals surface area contributed by atoms with E-state index in [0.29, 0.717) is 0 Å². The smallest absolute Gasteiger partial charge is 0.140 e. The van der Waals surface area contributed by atoms with E-state index in [9.17, 15) is 0 Å². The number of imidazole rings is 1. The van der Waals surface area contributed by atoms with Gasteiger partial charge in [0, 0.05) is 18.0 Å². The molecule has 188 valence electrons. The quantitative estimate of drug-likeness (QED) is 0.216. The summed E-state index contributed by atoms with van der Waals surface area (Å²) in [7, 11) is 0. The predicted molar refractivity (Wildman–Crippen MR) is 169 cm³/mol. The zero-order valence-corrected chi connectivity index (χ0v) is 22.2. The average Bonchev–Trinajstić information content (AvgIpc) is 3.46. The van der Waals surface area contributed by atoms with Crippen molar-refractivity contribution in [3.8, 4) is 33.5 Å². The zero-order chi connectivity index (χ0) is 26.6. The maximum Gasteiger partial charge on any atom is 0.140 e. The van der Waals surface area contributed by atoms with Crippen LogP contribution in [-0.2, 0) is 0 Å². The van der Waals surface area contributed by atoms with Crippen LogP contribution in [0.25, 0.3) is 71.5 Å². The lowest BCUT2D eigenvalue weighted by atomic mass is 9.85. The molecule has 0 fully saturated rings. The van der Waals surface area contributed by atoms with E-state index in [1.807, 2.05) is 0 Å². The van der Waals surface area contributed by atoms with Crippen molar-refractivity contribution in [3.05, 3.63) is 145 Å². The van der Waals surface area contributed by atoms with Crippen molar-refractivity contribution in [2.24, 2.45) is 0 Å². The monoisotopic (exact) mass is 510 g/mol. The predicted octanol–water partition coefficient (Wildman–Crippen LogP) is 10.1. The van der Waals surface area contributed by atoms with E-state index in [1.165, 1.54) is 60.1 Å². The standard InChI is InChI=1S/C38H26N2/c1-25-9-8-22-40-24-35(39-38(25)40)27-17-19-28(20-18-27)36-31-12-4-6-14-33(31)37(34-15-7-5-13-32(34)36)30-21-16-26-10-2-3-11-29(26)23-30/h2-24H,1H3. The van der Waals surface area contributed by atoms with E-state index in [2.05, 4.69) is 151 Å². The Morgan fingerprint density at radius 1 is 0.500 bits per heavy atom. The molecule has 0 saturated carbocycles. The van der Waals surface area contributed by atoms with E-state index >= 15 is 0 Å². The van der Waals surface area contributed by atoms with Gasteiger partial charge in [0.1, 0.15) is 5.65 Å². The molecule has 0 N–H and O–H groups in total. The molecule has 6 aromatic carbocycles. The summed E-state index contributed by atoms with van der Waals surface area (Å²) in [5.41, 5.74) is 9.30. The third kappa shape index (κ3) is 3.54. The highest BCUT2D eigenvalue weighted by atomic mass is 15.0. The molecular weight excluding hydrogens is 484 g/mol. The van der Waals surface area contributed by atoms with Crippen LogP contribution >= 0.6 is 0 Å². The number of benzene rings is 6. The summed E-state index contributed by atoms with van der Waals surface area (Å²) in [5, 5.41) is 7.59. The Morgan fingerprint density at radius 3 is 1.70 bits per heavy atom. The van der Waals surface area contributed by atoms with Gasteiger partial charge in [-0.1, -0.05) is 115 Å². The molecule has 0 bridgehead atoms. The largest absolute Gasteiger partial charge is 0.306 e. The minimum absolute atomic E-state index is 0.988. The van der Waals surface area contributed by atoms with Gasteiger partial charge in [-0.05, 0) is 79.2 Å². The highest BCUT2D eigenvalue weighted by Gasteiger charge is 2.17. The number of rotatable bonds is 3. The topological polar surface area (TPSA) is 17.3 Å². The molecule has 0 aliphatic carbocycles. The summed E-state index contributed by atoms with van der Waals surface area (Å²) >= 11 is 0. The molecule has 2 aromatic heterocycles. The Labute approximate surface area is 232 Å². The zero-order valence-electron chi connectivity index (χ0n) is 22.2. The van der Waals surface area contributed by atoms with Gasteiger partial charge in [0.05, 0.1) is 5.69 Å². The van der Waals surface area contributed by atoms with Gasteiger partial charge in [-0.2, -0.15) is 0 Å². The lowest BCUT2D eigenvalue weighted by Crippen LogP contribution is -1.91. The van der Waals surface area contributed by atoms with Crippen LogP contribution in [0.2, 0.25) is 0 Å². The summed E-state index contributed by atoms with van der Waals surface area (Å²) in [6.45, 7) is 2.10. The number of hydrogen-bond donors (Lipinski definition) is 0. The van der Waals surface area contributed by atoms with Crippen molar-refractivity contribution in [1.29, 1.82) is 0 Å². The van der Waals surface area contributed by atoms with Gasteiger partial charge < -0.3 is 4.40 Å². The van der Waals surface area contributed by atoms with Crippen LogP contribution in [0.15, 0.2) is 140 Å². The van der Waals surface area contributed by atoms with Crippen LogP contribution in [0, 0.1) is 6.92 Å². The van der Waals surface area contributed by atoms with Gasteiger partial charge in [0.15, 0.2) is 0 Å². The molecule has 0 radical (unpaired) electrons. The molecule has 0 spiro atoms. The Balaban J connectivity index is 1.34. The first kappa shape index (κ1) is 22.7. The highest BCUT2D eigenvalue weighted by Crippen LogP contribution is 2.44. The molecule has 0 atom stereocenters. The van der Waals surface area contributed by atoms with Crippen molar-refractivity contribution in [1.82, 2.24) is 9.38 Å². The number of pyridine rings is 1. The first-order valence-electron chi connectivity index (χ1n) is 13.7. The Kier molecular flexibility index (Phi) is 5.08. The molecule has 2 nitrogen and oxygen atoms in total. The van der Waals surface area contributed by atoms with Gasteiger partial charge >= 0.3 is 0 Å². The first-order chi connectivity index (χ1) is 19.7. The van der Waals surface area contributed by atoms with Gasteiger partial charge in [-0.15, -0.1) is 0 Å². The Hall–Kier alpha value is -5.21. The molecule has 2 heterocycles. The van der Waals surface area contributed by atoms with Gasteiger partial charge in [0.25, 0.3) is 0 Å². The fourth-order valence-electron chi connectivity index (χ4n) is 6.20. The Morgan fingerprint density at radius 2 is 1.05 bits per heavy atom. The summed E-state index contributed by atoms with van der Waals surface area (Å²) in [4.78, 5) is 4.91. The van der Waals surface area contributed by atoms with E-state index in [0.717, 1.165) is 16.9 Å². The molecule has 0 unspecified atom stereocenters. The van der Waals surface area contributed by atoms with E-state index in [1.54, 1.807) is 0 Å². The molecule has 2 heteroatoms. The van der Waals surface area contributed by atoms with Crippen LogP contribution < -0.4 is 0 Å². The summed E-state index contributed by atoms with van der Waals surface area (Å²) in [5.74, 6) is 0. The molecule has 8 rings (SSSR count). The normalized spacial score (nSPS) is 11.6. The first-order valence-corrected chi connectivity index (χ1v) is 13.7. The average molecular weight is 511 g/mol. The van der Waals surface area contributed by atoms with Crippen molar-refractivity contribution >= 4 is 38.0 Å². The van der Waals surface area contributed by atoms with Gasteiger partial charge in [0.2, 0.25) is 0 Å². The summed E-state index contributed by atoms with van der Waals surface area (Å²) < 4.78 is 2.10. The number of aromatic nitrogens is 2. The summed E-state index contributed by atoms with van der Waals surface area (Å²) in [6, 6.07) is 46.2. The van der Waals surface area contributed by atoms with Gasteiger partial charge in [-0.25, -0.2) is 4.98 Å². The van der Waals surface area contributed by atoms with E-state index in [4.69, 9.17) is 4.98 Å². The van der Waals surface area contributed by atoms with Crippen molar-refractivity contribution in [2.75, 3.05) is 0 Å². The third-order valence-corrected chi connectivity index (χ3v) is 8.12. The molecule has 0 saturated heterocycles. The van der Waals surface area contributed by atoms with Crippen molar-refractivity contribution in [3.63, 3.8) is 0 Å². The minimum Gasteiger partial charge on any atom is -0.306 e. The number of fused-ring (bicyclic) bond motifs is 4. The molecular formula is C38H26N2. The van der Waals surface area contributed by atoms with Gasteiger partial charge in [-0.3, -0.25) is 0 Å². The second-order valence-corrected chi connectivity index (χ2v) is 10.5.